The van der Waals surface area contributed by atoms with Gasteiger partial charge in [-0.15, -0.1) is 0 Å². The highest BCUT2D eigenvalue weighted by Gasteiger charge is 2.17. The molecule has 3 N–H and O–H groups in total. The minimum Gasteiger partial charge on any atom is -0.493 e. The molecule has 0 fully saturated rings. The molecule has 0 atom stereocenters. The van der Waals surface area contributed by atoms with Crippen molar-refractivity contribution >= 4 is 11.7 Å². The largest absolute Gasteiger partial charge is 0.493 e. The van der Waals surface area contributed by atoms with E-state index in [2.05, 4.69) is 6.07 Å². The summed E-state index contributed by atoms with van der Waals surface area (Å²) in [5.41, 5.74) is 5.44. The van der Waals surface area contributed by atoms with Gasteiger partial charge in [0.1, 0.15) is 11.3 Å². The van der Waals surface area contributed by atoms with Gasteiger partial charge in [-0.05, 0) is 38.5 Å². The van der Waals surface area contributed by atoms with Crippen molar-refractivity contribution in [1.29, 1.82) is 5.26 Å². The molecular formula is C13H16N2O3. The van der Waals surface area contributed by atoms with E-state index >= 15 is 0 Å². The Labute approximate surface area is 106 Å². The van der Waals surface area contributed by atoms with Crippen molar-refractivity contribution in [3.8, 4) is 11.8 Å². The Morgan fingerprint density at radius 2 is 2.22 bits per heavy atom. The maximum Gasteiger partial charge on any atom is 0.339 e. The number of carboxylic acid groups (broad SMARTS) is 1. The zero-order valence-electron chi connectivity index (χ0n) is 10.4. The first-order chi connectivity index (χ1) is 8.35. The predicted molar refractivity (Wildman–Crippen MR) is 67.3 cm³/mol. The Balaban J connectivity index is 2.74. The third kappa shape index (κ3) is 3.67. The smallest absolute Gasteiger partial charge is 0.339 e. The summed E-state index contributed by atoms with van der Waals surface area (Å²) in [7, 11) is 0. The highest BCUT2D eigenvalue weighted by atomic mass is 16.5. The summed E-state index contributed by atoms with van der Waals surface area (Å²) >= 11 is 0. The van der Waals surface area contributed by atoms with Gasteiger partial charge >= 0.3 is 5.97 Å². The van der Waals surface area contributed by atoms with Crippen molar-refractivity contribution in [2.24, 2.45) is 5.41 Å². The number of nitrogen functional groups attached to an aromatic ring is 1. The number of hydrogen-bond donors (Lipinski definition) is 2. The van der Waals surface area contributed by atoms with Gasteiger partial charge in [-0.3, -0.25) is 0 Å². The molecule has 5 heteroatoms. The summed E-state index contributed by atoms with van der Waals surface area (Å²) in [6, 6.07) is 6.62. The maximum atomic E-state index is 11.0. The fraction of sp³-hybridized carbons (Fsp3) is 0.385. The first-order valence-electron chi connectivity index (χ1n) is 5.52. The lowest BCUT2D eigenvalue weighted by molar-refractivity contribution is 0.0692. The molecule has 0 aliphatic rings. The Kier molecular flexibility index (Phi) is 4.16. The SMILES string of the molecule is CC(C)(C#N)CCOc1ccc(N)cc1C(=O)O. The van der Waals surface area contributed by atoms with E-state index in [9.17, 15) is 4.79 Å². The summed E-state index contributed by atoms with van der Waals surface area (Å²) < 4.78 is 5.40. The molecule has 0 saturated carbocycles. The minimum absolute atomic E-state index is 0.0322. The molecule has 0 radical (unpaired) electrons. The number of aromatic carboxylic acids is 1. The van der Waals surface area contributed by atoms with Crippen molar-refractivity contribution in [3.05, 3.63) is 23.8 Å². The maximum absolute atomic E-state index is 11.0. The van der Waals surface area contributed by atoms with Crippen molar-refractivity contribution in [2.45, 2.75) is 20.3 Å². The molecule has 1 rings (SSSR count). The van der Waals surface area contributed by atoms with E-state index in [1.54, 1.807) is 19.9 Å². The summed E-state index contributed by atoms with van der Waals surface area (Å²) in [5.74, 6) is -0.817. The summed E-state index contributed by atoms with van der Waals surface area (Å²) in [6.45, 7) is 3.89. The molecule has 0 heterocycles. The van der Waals surface area contributed by atoms with Crippen molar-refractivity contribution in [3.63, 3.8) is 0 Å². The molecular weight excluding hydrogens is 232 g/mol. The fourth-order valence-electron chi connectivity index (χ4n) is 1.31. The van der Waals surface area contributed by atoms with E-state index < -0.39 is 11.4 Å². The third-order valence-corrected chi connectivity index (χ3v) is 2.52. The van der Waals surface area contributed by atoms with Gasteiger partial charge in [0, 0.05) is 5.69 Å². The van der Waals surface area contributed by atoms with Crippen LogP contribution in [0.25, 0.3) is 0 Å². The fourth-order valence-corrected chi connectivity index (χ4v) is 1.31. The number of ether oxygens (including phenoxy) is 1. The normalized spacial score (nSPS) is 10.7. The van der Waals surface area contributed by atoms with Crippen LogP contribution >= 0.6 is 0 Å². The standard InChI is InChI=1S/C13H16N2O3/c1-13(2,8-14)5-6-18-11-4-3-9(15)7-10(11)12(16)17/h3-4,7H,5-6,15H2,1-2H3,(H,16,17). The molecule has 96 valence electrons. The third-order valence-electron chi connectivity index (χ3n) is 2.52. The number of benzene rings is 1. The van der Waals surface area contributed by atoms with E-state index in [0.717, 1.165) is 0 Å². The van der Waals surface area contributed by atoms with Gasteiger partial charge in [0.25, 0.3) is 0 Å². The van der Waals surface area contributed by atoms with E-state index in [1.165, 1.54) is 12.1 Å². The average Bonchev–Trinajstić information content (AvgIpc) is 2.30. The van der Waals surface area contributed by atoms with E-state index in [1.807, 2.05) is 0 Å². The zero-order chi connectivity index (χ0) is 13.8. The molecule has 0 aliphatic heterocycles. The second kappa shape index (κ2) is 5.41. The Hall–Kier alpha value is -2.22. The topological polar surface area (TPSA) is 96.3 Å². The number of carboxylic acids is 1. The molecule has 0 spiro atoms. The quantitative estimate of drug-likeness (QED) is 0.779. The number of nitrogens with zero attached hydrogens (tertiary/aromatic N) is 1. The van der Waals surface area contributed by atoms with Crippen LogP contribution in [0.5, 0.6) is 5.75 Å². The van der Waals surface area contributed by atoms with Crippen LogP contribution in [-0.4, -0.2) is 17.7 Å². The Morgan fingerprint density at radius 1 is 1.56 bits per heavy atom. The molecule has 0 amide bonds. The number of anilines is 1. The molecule has 1 aromatic rings. The lowest BCUT2D eigenvalue weighted by atomic mass is 9.92. The van der Waals surface area contributed by atoms with Crippen LogP contribution in [0.4, 0.5) is 5.69 Å². The average molecular weight is 248 g/mol. The summed E-state index contributed by atoms with van der Waals surface area (Å²) in [4.78, 5) is 11.0. The number of hydrogen-bond acceptors (Lipinski definition) is 4. The summed E-state index contributed by atoms with van der Waals surface area (Å²) in [6.07, 6.45) is 0.521. The molecule has 0 bridgehead atoms. The highest BCUT2D eigenvalue weighted by Crippen LogP contribution is 2.24. The first-order valence-corrected chi connectivity index (χ1v) is 5.52. The molecule has 0 aliphatic carbocycles. The highest BCUT2D eigenvalue weighted by molar-refractivity contribution is 5.92. The minimum atomic E-state index is -1.09. The monoisotopic (exact) mass is 248 g/mol. The van der Waals surface area contributed by atoms with Gasteiger partial charge in [-0.2, -0.15) is 5.26 Å². The Bertz CT molecular complexity index is 489. The second-order valence-electron chi connectivity index (χ2n) is 4.65. The van der Waals surface area contributed by atoms with E-state index in [-0.39, 0.29) is 17.9 Å². The van der Waals surface area contributed by atoms with Crippen LogP contribution in [0.2, 0.25) is 0 Å². The molecule has 0 unspecified atom stereocenters. The van der Waals surface area contributed by atoms with E-state index in [0.29, 0.717) is 12.1 Å². The van der Waals surface area contributed by atoms with Crippen molar-refractivity contribution in [1.82, 2.24) is 0 Å². The number of nitriles is 1. The number of rotatable bonds is 5. The molecule has 0 saturated heterocycles. The lowest BCUT2D eigenvalue weighted by Gasteiger charge is -2.16. The van der Waals surface area contributed by atoms with Crippen LogP contribution in [-0.2, 0) is 0 Å². The van der Waals surface area contributed by atoms with Gasteiger partial charge in [0.2, 0.25) is 0 Å². The Morgan fingerprint density at radius 3 is 2.78 bits per heavy atom. The molecule has 1 aromatic carbocycles. The van der Waals surface area contributed by atoms with Crippen LogP contribution in [0.3, 0.4) is 0 Å². The zero-order valence-corrected chi connectivity index (χ0v) is 10.4. The van der Waals surface area contributed by atoms with Gasteiger partial charge in [0.15, 0.2) is 0 Å². The molecule has 0 aromatic heterocycles. The van der Waals surface area contributed by atoms with Crippen molar-refractivity contribution < 1.29 is 14.6 Å². The number of carbonyl (C=O) groups is 1. The van der Waals surface area contributed by atoms with E-state index in [4.69, 9.17) is 20.8 Å². The molecule has 5 nitrogen and oxygen atoms in total. The van der Waals surface area contributed by atoms with Gasteiger partial charge in [0.05, 0.1) is 18.1 Å². The molecule has 18 heavy (non-hydrogen) atoms. The van der Waals surface area contributed by atoms with Gasteiger partial charge in [-0.1, -0.05) is 0 Å². The summed E-state index contributed by atoms with van der Waals surface area (Å²) in [5, 5.41) is 17.9. The van der Waals surface area contributed by atoms with Crippen LogP contribution in [0.1, 0.15) is 30.6 Å². The van der Waals surface area contributed by atoms with Gasteiger partial charge in [-0.25, -0.2) is 4.79 Å². The van der Waals surface area contributed by atoms with Crippen LogP contribution in [0, 0.1) is 16.7 Å². The van der Waals surface area contributed by atoms with Crippen LogP contribution < -0.4 is 10.5 Å². The van der Waals surface area contributed by atoms with Crippen LogP contribution in [0.15, 0.2) is 18.2 Å². The second-order valence-corrected chi connectivity index (χ2v) is 4.65. The lowest BCUT2D eigenvalue weighted by Crippen LogP contribution is -2.14. The predicted octanol–water partition coefficient (Wildman–Crippen LogP) is 2.29. The van der Waals surface area contributed by atoms with Gasteiger partial charge < -0.3 is 15.6 Å². The first kappa shape index (κ1) is 13.8. The number of nitrogens with two attached hydrogens (primary N) is 1. The van der Waals surface area contributed by atoms with Crippen molar-refractivity contribution in [2.75, 3.05) is 12.3 Å².